The summed E-state index contributed by atoms with van der Waals surface area (Å²) in [5.41, 5.74) is 2.33. The van der Waals surface area contributed by atoms with Crippen molar-refractivity contribution in [2.75, 3.05) is 5.32 Å². The average Bonchev–Trinajstić information content (AvgIpc) is 3.21. The molecular formula is C17H11ClN4OS. The van der Waals surface area contributed by atoms with E-state index in [-0.39, 0.29) is 5.91 Å². The van der Waals surface area contributed by atoms with Crippen LogP contribution >= 0.6 is 22.9 Å². The standard InChI is InChI=1S/C17H11ClN4OS/c18-14-8-7-13(24-14)17(23)19-12-5-3-4-11(10-12)16-21-20-15-6-1-2-9-22(15)16/h1-10H,(H,19,23). The number of nitrogens with zero attached hydrogens (tertiary/aromatic N) is 3. The minimum absolute atomic E-state index is 0.185. The summed E-state index contributed by atoms with van der Waals surface area (Å²) in [5.74, 6) is 0.538. The van der Waals surface area contributed by atoms with Gasteiger partial charge in [0.1, 0.15) is 0 Å². The summed E-state index contributed by atoms with van der Waals surface area (Å²) in [6.45, 7) is 0. The molecule has 4 rings (SSSR count). The van der Waals surface area contributed by atoms with Gasteiger partial charge in [0.15, 0.2) is 11.5 Å². The number of pyridine rings is 1. The molecule has 0 saturated heterocycles. The highest BCUT2D eigenvalue weighted by Gasteiger charge is 2.11. The first kappa shape index (κ1) is 14.9. The Balaban J connectivity index is 1.65. The Morgan fingerprint density at radius 2 is 2.00 bits per heavy atom. The van der Waals surface area contributed by atoms with Crippen LogP contribution in [-0.4, -0.2) is 20.5 Å². The van der Waals surface area contributed by atoms with E-state index in [1.54, 1.807) is 12.1 Å². The number of carbonyl (C=O) groups excluding carboxylic acids is 1. The lowest BCUT2D eigenvalue weighted by molar-refractivity contribution is 0.103. The third-order valence-electron chi connectivity index (χ3n) is 3.49. The second-order valence-electron chi connectivity index (χ2n) is 5.09. The number of thiophene rings is 1. The molecule has 1 amide bonds. The summed E-state index contributed by atoms with van der Waals surface area (Å²) in [5, 5.41) is 11.3. The Labute approximate surface area is 146 Å². The fourth-order valence-electron chi connectivity index (χ4n) is 2.40. The zero-order valence-electron chi connectivity index (χ0n) is 12.3. The molecule has 0 atom stereocenters. The van der Waals surface area contributed by atoms with Crippen LogP contribution in [0.3, 0.4) is 0 Å². The van der Waals surface area contributed by atoms with Crippen molar-refractivity contribution in [3.05, 3.63) is 70.0 Å². The molecule has 0 aliphatic heterocycles. The lowest BCUT2D eigenvalue weighted by Gasteiger charge is -2.06. The van der Waals surface area contributed by atoms with E-state index in [1.807, 2.05) is 53.1 Å². The summed E-state index contributed by atoms with van der Waals surface area (Å²) in [4.78, 5) is 12.8. The smallest absolute Gasteiger partial charge is 0.265 e. The molecule has 7 heteroatoms. The van der Waals surface area contributed by atoms with Gasteiger partial charge in [-0.1, -0.05) is 29.8 Å². The third-order valence-corrected chi connectivity index (χ3v) is 4.72. The third kappa shape index (κ3) is 2.77. The van der Waals surface area contributed by atoms with Gasteiger partial charge in [-0.3, -0.25) is 9.20 Å². The first-order valence-electron chi connectivity index (χ1n) is 7.17. The van der Waals surface area contributed by atoms with Crippen molar-refractivity contribution in [3.63, 3.8) is 0 Å². The largest absolute Gasteiger partial charge is 0.321 e. The Bertz CT molecular complexity index is 1040. The van der Waals surface area contributed by atoms with Gasteiger partial charge >= 0.3 is 0 Å². The number of benzene rings is 1. The zero-order valence-corrected chi connectivity index (χ0v) is 13.9. The van der Waals surface area contributed by atoms with E-state index in [1.165, 1.54) is 11.3 Å². The predicted molar refractivity (Wildman–Crippen MR) is 95.7 cm³/mol. The predicted octanol–water partition coefficient (Wildman–Crippen LogP) is 4.36. The number of hydrogen-bond donors (Lipinski definition) is 1. The van der Waals surface area contributed by atoms with Crippen LogP contribution in [0.25, 0.3) is 17.0 Å². The monoisotopic (exact) mass is 354 g/mol. The van der Waals surface area contributed by atoms with Crippen LogP contribution in [0, 0.1) is 0 Å². The van der Waals surface area contributed by atoms with E-state index in [0.717, 1.165) is 17.0 Å². The SMILES string of the molecule is O=C(Nc1cccc(-c2nnc3ccccn23)c1)c1ccc(Cl)s1. The summed E-state index contributed by atoms with van der Waals surface area (Å²) in [6.07, 6.45) is 1.91. The lowest BCUT2D eigenvalue weighted by atomic mass is 10.2. The van der Waals surface area contributed by atoms with Crippen LogP contribution in [0.5, 0.6) is 0 Å². The van der Waals surface area contributed by atoms with Crippen molar-refractivity contribution >= 4 is 40.2 Å². The number of rotatable bonds is 3. The van der Waals surface area contributed by atoms with Gasteiger partial charge in [-0.15, -0.1) is 21.5 Å². The maximum absolute atomic E-state index is 12.2. The Kier molecular flexibility index (Phi) is 3.76. The maximum Gasteiger partial charge on any atom is 0.265 e. The molecule has 0 saturated carbocycles. The fourth-order valence-corrected chi connectivity index (χ4v) is 3.34. The molecule has 5 nitrogen and oxygen atoms in total. The van der Waals surface area contributed by atoms with Crippen LogP contribution in [0.2, 0.25) is 4.34 Å². The van der Waals surface area contributed by atoms with Crippen LogP contribution in [-0.2, 0) is 0 Å². The van der Waals surface area contributed by atoms with E-state index >= 15 is 0 Å². The Morgan fingerprint density at radius 3 is 2.83 bits per heavy atom. The van der Waals surface area contributed by atoms with E-state index in [0.29, 0.717) is 14.9 Å². The normalized spacial score (nSPS) is 10.9. The van der Waals surface area contributed by atoms with Crippen molar-refractivity contribution < 1.29 is 4.79 Å². The maximum atomic E-state index is 12.2. The number of amides is 1. The highest BCUT2D eigenvalue weighted by molar-refractivity contribution is 7.18. The molecule has 0 aliphatic rings. The molecule has 118 valence electrons. The Hall–Kier alpha value is -2.70. The Morgan fingerprint density at radius 1 is 1.08 bits per heavy atom. The summed E-state index contributed by atoms with van der Waals surface area (Å²) < 4.78 is 2.49. The van der Waals surface area contributed by atoms with Gasteiger partial charge in [0.05, 0.1) is 9.21 Å². The second-order valence-corrected chi connectivity index (χ2v) is 6.81. The average molecular weight is 355 g/mol. The van der Waals surface area contributed by atoms with Gasteiger partial charge in [0, 0.05) is 17.4 Å². The number of hydrogen-bond acceptors (Lipinski definition) is 4. The molecule has 0 spiro atoms. The van der Waals surface area contributed by atoms with Gasteiger partial charge in [-0.05, 0) is 36.4 Å². The van der Waals surface area contributed by atoms with Crippen molar-refractivity contribution in [1.82, 2.24) is 14.6 Å². The van der Waals surface area contributed by atoms with Crippen LogP contribution in [0.1, 0.15) is 9.67 Å². The quantitative estimate of drug-likeness (QED) is 0.594. The molecule has 0 radical (unpaired) electrons. The van der Waals surface area contributed by atoms with Crippen molar-refractivity contribution in [3.8, 4) is 11.4 Å². The summed E-state index contributed by atoms with van der Waals surface area (Å²) in [7, 11) is 0. The highest BCUT2D eigenvalue weighted by atomic mass is 35.5. The van der Waals surface area contributed by atoms with Crippen molar-refractivity contribution in [2.45, 2.75) is 0 Å². The molecule has 3 heterocycles. The minimum Gasteiger partial charge on any atom is -0.321 e. The first-order valence-corrected chi connectivity index (χ1v) is 8.37. The van der Waals surface area contributed by atoms with Crippen LogP contribution in [0.15, 0.2) is 60.8 Å². The number of aromatic nitrogens is 3. The molecule has 4 aromatic rings. The summed E-state index contributed by atoms with van der Waals surface area (Å²) >= 11 is 7.12. The molecule has 3 aromatic heterocycles. The molecule has 0 aliphatic carbocycles. The molecule has 0 bridgehead atoms. The van der Waals surface area contributed by atoms with Gasteiger partial charge in [-0.2, -0.15) is 0 Å². The fraction of sp³-hybridized carbons (Fsp3) is 0. The second kappa shape index (κ2) is 6.07. The number of fused-ring (bicyclic) bond motifs is 1. The van der Waals surface area contributed by atoms with Crippen LogP contribution in [0.4, 0.5) is 5.69 Å². The van der Waals surface area contributed by atoms with Crippen LogP contribution < -0.4 is 5.32 Å². The number of carbonyl (C=O) groups is 1. The molecule has 1 N–H and O–H groups in total. The van der Waals surface area contributed by atoms with Gasteiger partial charge in [0.25, 0.3) is 5.91 Å². The minimum atomic E-state index is -0.185. The topological polar surface area (TPSA) is 59.3 Å². The van der Waals surface area contributed by atoms with Gasteiger partial charge in [-0.25, -0.2) is 0 Å². The summed E-state index contributed by atoms with van der Waals surface area (Å²) in [6, 6.07) is 16.7. The van der Waals surface area contributed by atoms with E-state index in [4.69, 9.17) is 11.6 Å². The van der Waals surface area contributed by atoms with Gasteiger partial charge in [0.2, 0.25) is 0 Å². The lowest BCUT2D eigenvalue weighted by Crippen LogP contribution is -2.10. The van der Waals surface area contributed by atoms with E-state index in [2.05, 4.69) is 15.5 Å². The first-order chi connectivity index (χ1) is 11.7. The molecular weight excluding hydrogens is 344 g/mol. The highest BCUT2D eigenvalue weighted by Crippen LogP contribution is 2.24. The van der Waals surface area contributed by atoms with Crippen molar-refractivity contribution in [1.29, 1.82) is 0 Å². The molecule has 0 unspecified atom stereocenters. The van der Waals surface area contributed by atoms with E-state index < -0.39 is 0 Å². The van der Waals surface area contributed by atoms with E-state index in [9.17, 15) is 4.79 Å². The number of halogens is 1. The number of nitrogens with one attached hydrogen (secondary N) is 1. The molecule has 0 fully saturated rings. The van der Waals surface area contributed by atoms with Crippen molar-refractivity contribution in [2.24, 2.45) is 0 Å². The molecule has 1 aromatic carbocycles. The number of anilines is 1. The zero-order chi connectivity index (χ0) is 16.5. The molecule has 24 heavy (non-hydrogen) atoms. The van der Waals surface area contributed by atoms with Gasteiger partial charge < -0.3 is 5.32 Å².